The number of para-hydroxylation sites is 1. The van der Waals surface area contributed by atoms with E-state index >= 15 is 0 Å². The van der Waals surface area contributed by atoms with Crippen molar-refractivity contribution in [2.45, 2.75) is 55.6 Å². The number of nitrogens with one attached hydrogen (secondary N) is 1. The molecule has 1 saturated heterocycles. The van der Waals surface area contributed by atoms with Gasteiger partial charge in [-0.25, -0.2) is 13.4 Å². The number of fused-ring (bicyclic) bond motifs is 1. The number of likely N-dealkylation sites (tertiary alicyclic amines) is 1. The van der Waals surface area contributed by atoms with Crippen molar-refractivity contribution in [1.29, 1.82) is 0 Å². The maximum Gasteiger partial charge on any atom is 0.225 e. The highest BCUT2D eigenvalue weighted by molar-refractivity contribution is 7.91. The smallest absolute Gasteiger partial charge is 0.225 e. The summed E-state index contributed by atoms with van der Waals surface area (Å²) in [6.45, 7) is 1.29. The molecule has 2 aromatic heterocycles. The summed E-state index contributed by atoms with van der Waals surface area (Å²) in [6, 6.07) is 9.30. The predicted molar refractivity (Wildman–Crippen MR) is 133 cm³/mol. The number of anilines is 1. The van der Waals surface area contributed by atoms with Crippen LogP contribution in [0, 0.1) is 5.92 Å². The molecular formula is C25H31N5O4S. The van der Waals surface area contributed by atoms with E-state index in [0.717, 1.165) is 31.2 Å². The highest BCUT2D eigenvalue weighted by Crippen LogP contribution is 2.30. The van der Waals surface area contributed by atoms with Gasteiger partial charge in [-0.2, -0.15) is 4.98 Å². The number of nitrogens with zero attached hydrogens (tertiary/aromatic N) is 4. The molecular weight excluding hydrogens is 466 g/mol. The van der Waals surface area contributed by atoms with Crippen LogP contribution < -0.4 is 5.32 Å². The summed E-state index contributed by atoms with van der Waals surface area (Å²) in [5.41, 5.74) is 0.766. The van der Waals surface area contributed by atoms with Crippen molar-refractivity contribution in [2.24, 2.45) is 5.92 Å². The zero-order chi connectivity index (χ0) is 24.6. The van der Waals surface area contributed by atoms with E-state index < -0.39 is 9.84 Å². The lowest BCUT2D eigenvalue weighted by atomic mass is 9.85. The zero-order valence-corrected chi connectivity index (χ0v) is 20.6. The number of amides is 1. The fraction of sp³-hybridized carbons (Fsp3) is 0.480. The topological polar surface area (TPSA) is 117 Å². The summed E-state index contributed by atoms with van der Waals surface area (Å²) in [6.07, 6.45) is 8.87. The number of rotatable bonds is 5. The van der Waals surface area contributed by atoms with E-state index in [1.54, 1.807) is 29.1 Å². The van der Waals surface area contributed by atoms with Gasteiger partial charge in [-0.05, 0) is 50.7 Å². The van der Waals surface area contributed by atoms with Crippen LogP contribution in [0.3, 0.4) is 0 Å². The first-order valence-electron chi connectivity index (χ1n) is 12.2. The third-order valence-corrected chi connectivity index (χ3v) is 8.27. The monoisotopic (exact) mass is 497 g/mol. The van der Waals surface area contributed by atoms with Gasteiger partial charge >= 0.3 is 0 Å². The van der Waals surface area contributed by atoms with Crippen LogP contribution in [0.5, 0.6) is 0 Å². The van der Waals surface area contributed by atoms with E-state index in [9.17, 15) is 18.3 Å². The summed E-state index contributed by atoms with van der Waals surface area (Å²) in [7, 11) is -3.40. The Labute approximate surface area is 205 Å². The normalized spacial score (nSPS) is 21.8. The average Bonchev–Trinajstić information content (AvgIpc) is 3.25. The Hall–Kier alpha value is -2.98. The second-order valence-electron chi connectivity index (χ2n) is 9.64. The molecule has 2 aliphatic rings. The molecule has 3 heterocycles. The van der Waals surface area contributed by atoms with E-state index in [1.165, 1.54) is 6.26 Å². The highest BCUT2D eigenvalue weighted by Gasteiger charge is 2.31. The third kappa shape index (κ3) is 5.04. The number of hydrogen-bond donors (Lipinski definition) is 2. The van der Waals surface area contributed by atoms with E-state index in [0.29, 0.717) is 43.1 Å². The minimum absolute atomic E-state index is 0.0381. The second-order valence-corrected chi connectivity index (χ2v) is 11.6. The second kappa shape index (κ2) is 9.58. The Morgan fingerprint density at radius 3 is 2.49 bits per heavy atom. The summed E-state index contributed by atoms with van der Waals surface area (Å²) < 4.78 is 26.4. The van der Waals surface area contributed by atoms with Crippen molar-refractivity contribution >= 4 is 32.6 Å². The molecule has 1 aromatic carbocycles. The lowest BCUT2D eigenvalue weighted by Gasteiger charge is -2.35. The fourth-order valence-corrected chi connectivity index (χ4v) is 6.07. The van der Waals surface area contributed by atoms with Crippen LogP contribution in [0.25, 0.3) is 16.7 Å². The summed E-state index contributed by atoms with van der Waals surface area (Å²) in [5.74, 6) is 1.33. The number of benzene rings is 1. The number of aliphatic hydroxyl groups excluding tert-OH is 1. The summed E-state index contributed by atoms with van der Waals surface area (Å²) >= 11 is 0. The SMILES string of the molecule is CS(=O)(=O)c1cn(-c2ccnc(N[C@H]3CC[C@H](C(=O)N4CCC(O)CC4)CC3)n2)c2ccccc12. The first-order valence-corrected chi connectivity index (χ1v) is 14.1. The number of piperidine rings is 1. The number of carbonyl (C=O) groups excluding carboxylic acids is 1. The van der Waals surface area contributed by atoms with Crippen LogP contribution in [0.4, 0.5) is 5.95 Å². The van der Waals surface area contributed by atoms with Crippen molar-refractivity contribution in [3.8, 4) is 5.82 Å². The summed E-state index contributed by atoms with van der Waals surface area (Å²) in [4.78, 5) is 24.1. The highest BCUT2D eigenvalue weighted by atomic mass is 32.2. The molecule has 1 aliphatic carbocycles. The van der Waals surface area contributed by atoms with Gasteiger partial charge in [0.25, 0.3) is 0 Å². The number of sulfone groups is 1. The maximum atomic E-state index is 12.9. The molecule has 5 rings (SSSR count). The molecule has 10 heteroatoms. The molecule has 1 aliphatic heterocycles. The van der Waals surface area contributed by atoms with Gasteiger partial charge in [0.15, 0.2) is 9.84 Å². The molecule has 0 unspecified atom stereocenters. The van der Waals surface area contributed by atoms with Gasteiger partial charge < -0.3 is 15.3 Å². The molecule has 2 fully saturated rings. The van der Waals surface area contributed by atoms with Gasteiger partial charge in [0, 0.05) is 49.1 Å². The minimum atomic E-state index is -3.40. The number of hydrogen-bond acceptors (Lipinski definition) is 7. The Balaban J connectivity index is 1.27. The molecule has 1 saturated carbocycles. The molecule has 0 radical (unpaired) electrons. The van der Waals surface area contributed by atoms with Gasteiger partial charge in [-0.1, -0.05) is 18.2 Å². The fourth-order valence-electron chi connectivity index (χ4n) is 5.20. The van der Waals surface area contributed by atoms with E-state index in [4.69, 9.17) is 0 Å². The van der Waals surface area contributed by atoms with Gasteiger partial charge in [0.05, 0.1) is 16.5 Å². The standard InChI is InChI=1S/C25H31N5O4S/c1-35(33,34)22-16-30(21-5-3-2-4-20(21)22)23-10-13-26-25(28-23)27-18-8-6-17(7-9-18)24(32)29-14-11-19(31)12-15-29/h2-5,10,13,16-19,31H,6-9,11-12,14-15H2,1H3,(H,26,27,28)/t17-,18-. The Kier molecular flexibility index (Phi) is 6.50. The number of aromatic nitrogens is 3. The summed E-state index contributed by atoms with van der Waals surface area (Å²) in [5, 5.41) is 13.8. The molecule has 3 aromatic rings. The molecule has 2 N–H and O–H groups in total. The van der Waals surface area contributed by atoms with Crippen LogP contribution in [-0.4, -0.2) is 70.4 Å². The van der Waals surface area contributed by atoms with Gasteiger partial charge in [0.1, 0.15) is 5.82 Å². The van der Waals surface area contributed by atoms with Crippen molar-refractivity contribution in [3.63, 3.8) is 0 Å². The van der Waals surface area contributed by atoms with E-state index in [1.807, 2.05) is 23.1 Å². The van der Waals surface area contributed by atoms with Crippen molar-refractivity contribution in [2.75, 3.05) is 24.7 Å². The largest absolute Gasteiger partial charge is 0.393 e. The average molecular weight is 498 g/mol. The van der Waals surface area contributed by atoms with Gasteiger partial charge in [-0.15, -0.1) is 0 Å². The minimum Gasteiger partial charge on any atom is -0.393 e. The lowest BCUT2D eigenvalue weighted by Crippen LogP contribution is -2.44. The Morgan fingerprint density at radius 2 is 1.77 bits per heavy atom. The van der Waals surface area contributed by atoms with Crippen LogP contribution in [0.15, 0.2) is 47.6 Å². The van der Waals surface area contributed by atoms with Crippen LogP contribution in [0.1, 0.15) is 38.5 Å². The quantitative estimate of drug-likeness (QED) is 0.557. The number of aliphatic hydroxyl groups is 1. The zero-order valence-electron chi connectivity index (χ0n) is 19.8. The van der Waals surface area contributed by atoms with Gasteiger partial charge in [0.2, 0.25) is 11.9 Å². The first-order chi connectivity index (χ1) is 16.8. The van der Waals surface area contributed by atoms with Crippen LogP contribution in [0.2, 0.25) is 0 Å². The predicted octanol–water partition coefficient (Wildman–Crippen LogP) is 2.78. The first kappa shape index (κ1) is 23.7. The molecule has 186 valence electrons. The van der Waals surface area contributed by atoms with E-state index in [2.05, 4.69) is 15.3 Å². The van der Waals surface area contributed by atoms with Crippen molar-refractivity contribution in [3.05, 3.63) is 42.7 Å². The third-order valence-electron chi connectivity index (χ3n) is 7.15. The maximum absolute atomic E-state index is 12.9. The van der Waals surface area contributed by atoms with Crippen molar-refractivity contribution < 1.29 is 18.3 Å². The molecule has 0 spiro atoms. The molecule has 35 heavy (non-hydrogen) atoms. The van der Waals surface area contributed by atoms with E-state index in [-0.39, 0.29) is 28.9 Å². The molecule has 0 atom stereocenters. The Morgan fingerprint density at radius 1 is 1.06 bits per heavy atom. The Bertz CT molecular complexity index is 1320. The van der Waals surface area contributed by atoms with Crippen LogP contribution in [-0.2, 0) is 14.6 Å². The van der Waals surface area contributed by atoms with Gasteiger partial charge in [-0.3, -0.25) is 9.36 Å². The molecule has 1 amide bonds. The number of carbonyl (C=O) groups is 1. The lowest BCUT2D eigenvalue weighted by molar-refractivity contribution is -0.138. The molecule has 9 nitrogen and oxygen atoms in total. The van der Waals surface area contributed by atoms with Crippen molar-refractivity contribution in [1.82, 2.24) is 19.4 Å². The van der Waals surface area contributed by atoms with Crippen LogP contribution >= 0.6 is 0 Å². The molecule has 0 bridgehead atoms.